The van der Waals surface area contributed by atoms with Crippen LogP contribution in [0.5, 0.6) is 0 Å². The molecule has 1 N–H and O–H groups in total. The van der Waals surface area contributed by atoms with E-state index >= 15 is 0 Å². The van der Waals surface area contributed by atoms with Crippen molar-refractivity contribution in [3.63, 3.8) is 0 Å². The maximum Gasteiger partial charge on any atom is 0.250 e. The van der Waals surface area contributed by atoms with Crippen molar-refractivity contribution >= 4 is 0 Å². The lowest BCUT2D eigenvalue weighted by atomic mass is 10.2. The Bertz CT molecular complexity index is 316. The first kappa shape index (κ1) is 10.9. The highest BCUT2D eigenvalue weighted by atomic mass is 16.5. The van der Waals surface area contributed by atoms with Gasteiger partial charge in [-0.2, -0.15) is 0 Å². The predicted molar refractivity (Wildman–Crippen MR) is 54.1 cm³/mol. The van der Waals surface area contributed by atoms with Gasteiger partial charge in [-0.1, -0.05) is 13.3 Å². The van der Waals surface area contributed by atoms with Gasteiger partial charge in [0.15, 0.2) is 0 Å². The van der Waals surface area contributed by atoms with E-state index in [1.165, 1.54) is 12.3 Å². The summed E-state index contributed by atoms with van der Waals surface area (Å²) in [6, 6.07) is 1.40. The first-order valence-electron chi connectivity index (χ1n) is 4.94. The highest BCUT2D eigenvalue weighted by Gasteiger charge is 2.12. The van der Waals surface area contributed by atoms with E-state index in [0.717, 1.165) is 12.8 Å². The lowest BCUT2D eigenvalue weighted by molar-refractivity contribution is 0.0492. The van der Waals surface area contributed by atoms with E-state index < -0.39 is 0 Å². The van der Waals surface area contributed by atoms with Gasteiger partial charge < -0.3 is 9.72 Å². The fourth-order valence-corrected chi connectivity index (χ4v) is 1.31. The second kappa shape index (κ2) is 5.54. The van der Waals surface area contributed by atoms with Crippen molar-refractivity contribution in [1.82, 2.24) is 9.97 Å². The molecule has 0 radical (unpaired) electrons. The first-order valence-corrected chi connectivity index (χ1v) is 4.94. The van der Waals surface area contributed by atoms with Crippen LogP contribution in [0.3, 0.4) is 0 Å². The Labute approximate surface area is 83.3 Å². The Balaban J connectivity index is 2.81. The van der Waals surface area contributed by atoms with E-state index in [1.807, 2.05) is 6.92 Å². The number of hydrogen-bond acceptors (Lipinski definition) is 3. The third kappa shape index (κ3) is 2.96. The Morgan fingerprint density at radius 1 is 1.57 bits per heavy atom. The van der Waals surface area contributed by atoms with Crippen LogP contribution in [0, 0.1) is 0 Å². The highest BCUT2D eigenvalue weighted by molar-refractivity contribution is 4.93. The Morgan fingerprint density at radius 3 is 2.93 bits per heavy atom. The normalized spacial score (nSPS) is 12.7. The van der Waals surface area contributed by atoms with Gasteiger partial charge in [0.1, 0.15) is 11.9 Å². The number of rotatable bonds is 5. The van der Waals surface area contributed by atoms with Crippen molar-refractivity contribution in [2.45, 2.75) is 32.8 Å². The average Bonchev–Trinajstić information content (AvgIpc) is 2.17. The van der Waals surface area contributed by atoms with Gasteiger partial charge in [-0.25, -0.2) is 4.98 Å². The smallest absolute Gasteiger partial charge is 0.250 e. The van der Waals surface area contributed by atoms with Crippen molar-refractivity contribution < 1.29 is 4.74 Å². The van der Waals surface area contributed by atoms with E-state index in [1.54, 1.807) is 0 Å². The molecule has 0 spiro atoms. The molecule has 0 aliphatic heterocycles. The molecule has 0 aliphatic carbocycles. The van der Waals surface area contributed by atoms with Gasteiger partial charge in [-0.15, -0.1) is 0 Å². The van der Waals surface area contributed by atoms with Crippen LogP contribution >= 0.6 is 0 Å². The van der Waals surface area contributed by atoms with Gasteiger partial charge in [-0.05, 0) is 13.3 Å². The molecule has 0 bridgehead atoms. The minimum atomic E-state index is -0.129. The number of nitrogens with one attached hydrogen (secondary N) is 1. The van der Waals surface area contributed by atoms with Crippen molar-refractivity contribution in [2.24, 2.45) is 0 Å². The summed E-state index contributed by atoms with van der Waals surface area (Å²) in [6.45, 7) is 4.64. The Kier molecular flexibility index (Phi) is 4.32. The summed E-state index contributed by atoms with van der Waals surface area (Å²) in [6.07, 6.45) is 3.30. The molecule has 4 heteroatoms. The number of aromatic nitrogens is 2. The van der Waals surface area contributed by atoms with Gasteiger partial charge in [0.2, 0.25) is 0 Å². The second-order valence-electron chi connectivity index (χ2n) is 3.05. The van der Waals surface area contributed by atoms with E-state index in [9.17, 15) is 4.79 Å². The van der Waals surface area contributed by atoms with Crippen LogP contribution in [0.2, 0.25) is 0 Å². The van der Waals surface area contributed by atoms with Crippen LogP contribution in [0.25, 0.3) is 0 Å². The van der Waals surface area contributed by atoms with Crippen LogP contribution in [-0.4, -0.2) is 16.6 Å². The summed E-state index contributed by atoms with van der Waals surface area (Å²) in [4.78, 5) is 17.8. The molecule has 1 atom stereocenters. The minimum Gasteiger partial charge on any atom is -0.371 e. The van der Waals surface area contributed by atoms with E-state index in [2.05, 4.69) is 16.9 Å². The van der Waals surface area contributed by atoms with E-state index in [4.69, 9.17) is 4.74 Å². The molecule has 1 unspecified atom stereocenters. The molecular formula is C10H16N2O2. The molecule has 1 aromatic rings. The number of ether oxygens (including phenoxy) is 1. The molecule has 0 saturated carbocycles. The fraction of sp³-hybridized carbons (Fsp3) is 0.600. The fourth-order valence-electron chi connectivity index (χ4n) is 1.31. The molecule has 0 aliphatic rings. The Hall–Kier alpha value is -1.16. The maximum atomic E-state index is 11.1. The number of H-pyrrole nitrogens is 1. The van der Waals surface area contributed by atoms with Crippen molar-refractivity contribution in [1.29, 1.82) is 0 Å². The SMILES string of the molecule is CCCC(OCC)c1nccc(=O)[nH]1. The molecule has 0 fully saturated rings. The molecule has 0 saturated heterocycles. The number of aromatic amines is 1. The molecular weight excluding hydrogens is 180 g/mol. The molecule has 4 nitrogen and oxygen atoms in total. The summed E-state index contributed by atoms with van der Waals surface area (Å²) in [7, 11) is 0. The number of hydrogen-bond donors (Lipinski definition) is 1. The molecule has 0 aromatic carbocycles. The maximum absolute atomic E-state index is 11.1. The van der Waals surface area contributed by atoms with Crippen molar-refractivity contribution in [3.8, 4) is 0 Å². The largest absolute Gasteiger partial charge is 0.371 e. The van der Waals surface area contributed by atoms with Crippen LogP contribution in [-0.2, 0) is 4.74 Å². The van der Waals surface area contributed by atoms with Gasteiger partial charge in [-0.3, -0.25) is 4.79 Å². The first-order chi connectivity index (χ1) is 6.77. The summed E-state index contributed by atoms with van der Waals surface area (Å²) >= 11 is 0. The standard InChI is InChI=1S/C10H16N2O2/c1-3-5-8(14-4-2)10-11-7-6-9(13)12-10/h6-8H,3-5H2,1-2H3,(H,11,12,13). The van der Waals surface area contributed by atoms with Crippen LogP contribution in [0.4, 0.5) is 0 Å². The lowest BCUT2D eigenvalue weighted by Gasteiger charge is -2.14. The van der Waals surface area contributed by atoms with Gasteiger partial charge in [0, 0.05) is 18.9 Å². The monoisotopic (exact) mass is 196 g/mol. The summed E-state index contributed by atoms with van der Waals surface area (Å²) in [5.74, 6) is 0.626. The summed E-state index contributed by atoms with van der Waals surface area (Å²) in [5, 5.41) is 0. The summed E-state index contributed by atoms with van der Waals surface area (Å²) in [5.41, 5.74) is -0.129. The summed E-state index contributed by atoms with van der Waals surface area (Å²) < 4.78 is 5.49. The molecule has 1 aromatic heterocycles. The van der Waals surface area contributed by atoms with Crippen LogP contribution in [0.1, 0.15) is 38.6 Å². The van der Waals surface area contributed by atoms with Gasteiger partial charge in [0.25, 0.3) is 5.56 Å². The van der Waals surface area contributed by atoms with Gasteiger partial charge >= 0.3 is 0 Å². The third-order valence-corrected chi connectivity index (χ3v) is 1.91. The quantitative estimate of drug-likeness (QED) is 0.779. The second-order valence-corrected chi connectivity index (χ2v) is 3.05. The van der Waals surface area contributed by atoms with Crippen molar-refractivity contribution in [3.05, 3.63) is 28.4 Å². The zero-order valence-electron chi connectivity index (χ0n) is 8.62. The molecule has 78 valence electrons. The lowest BCUT2D eigenvalue weighted by Crippen LogP contribution is -2.14. The zero-order chi connectivity index (χ0) is 10.4. The van der Waals surface area contributed by atoms with E-state index in [-0.39, 0.29) is 11.7 Å². The topological polar surface area (TPSA) is 55.0 Å². The Morgan fingerprint density at radius 2 is 2.36 bits per heavy atom. The highest BCUT2D eigenvalue weighted by Crippen LogP contribution is 2.17. The van der Waals surface area contributed by atoms with E-state index in [0.29, 0.717) is 12.4 Å². The number of nitrogens with zero attached hydrogens (tertiary/aromatic N) is 1. The zero-order valence-corrected chi connectivity index (χ0v) is 8.62. The predicted octanol–water partition coefficient (Wildman–Crippen LogP) is 1.65. The minimum absolute atomic E-state index is 0.0844. The molecule has 1 rings (SSSR count). The molecule has 0 amide bonds. The average molecular weight is 196 g/mol. The third-order valence-electron chi connectivity index (χ3n) is 1.91. The molecule has 14 heavy (non-hydrogen) atoms. The van der Waals surface area contributed by atoms with Gasteiger partial charge in [0.05, 0.1) is 0 Å². The van der Waals surface area contributed by atoms with Crippen molar-refractivity contribution in [2.75, 3.05) is 6.61 Å². The van der Waals surface area contributed by atoms with Crippen LogP contribution < -0.4 is 5.56 Å². The molecule has 1 heterocycles. The van der Waals surface area contributed by atoms with Crippen LogP contribution in [0.15, 0.2) is 17.1 Å².